The molecule has 118 valence electrons. The molecule has 0 aromatic heterocycles. The molecular formula is C17H27BrN2S. The summed E-state index contributed by atoms with van der Waals surface area (Å²) in [4.78, 5) is 2.57. The number of nitrogens with one attached hydrogen (secondary N) is 1. The number of halogens is 1. The number of rotatable bonds is 6. The van der Waals surface area contributed by atoms with E-state index in [1.165, 1.54) is 41.0 Å². The van der Waals surface area contributed by atoms with Crippen molar-refractivity contribution in [3.63, 3.8) is 0 Å². The van der Waals surface area contributed by atoms with Crippen LogP contribution in [0.1, 0.15) is 32.8 Å². The second-order valence-electron chi connectivity index (χ2n) is 6.14. The Morgan fingerprint density at radius 2 is 2.24 bits per heavy atom. The molecule has 1 unspecified atom stereocenters. The molecule has 4 heteroatoms. The van der Waals surface area contributed by atoms with Crippen LogP contribution in [0.3, 0.4) is 0 Å². The first-order valence-corrected chi connectivity index (χ1v) is 9.80. The molecule has 21 heavy (non-hydrogen) atoms. The average Bonchev–Trinajstić information content (AvgIpc) is 2.47. The van der Waals surface area contributed by atoms with Crippen molar-refractivity contribution in [2.24, 2.45) is 5.92 Å². The third-order valence-electron chi connectivity index (χ3n) is 3.84. The van der Waals surface area contributed by atoms with E-state index in [9.17, 15) is 0 Å². The Kier molecular flexibility index (Phi) is 6.90. The molecule has 1 heterocycles. The predicted octanol–water partition coefficient (Wildman–Crippen LogP) is 4.53. The van der Waals surface area contributed by atoms with Crippen molar-refractivity contribution >= 4 is 33.4 Å². The minimum absolute atomic E-state index is 0.691. The van der Waals surface area contributed by atoms with E-state index in [0.717, 1.165) is 18.3 Å². The van der Waals surface area contributed by atoms with E-state index in [-0.39, 0.29) is 0 Å². The van der Waals surface area contributed by atoms with Gasteiger partial charge in [0.15, 0.2) is 0 Å². The van der Waals surface area contributed by atoms with E-state index in [4.69, 9.17) is 0 Å². The highest BCUT2D eigenvalue weighted by Crippen LogP contribution is 2.30. The molecule has 1 fully saturated rings. The maximum absolute atomic E-state index is 3.62. The van der Waals surface area contributed by atoms with Crippen LogP contribution in [-0.2, 0) is 6.54 Å². The van der Waals surface area contributed by atoms with Crippen LogP contribution >= 0.6 is 27.7 Å². The zero-order valence-electron chi connectivity index (χ0n) is 13.4. The van der Waals surface area contributed by atoms with E-state index in [2.05, 4.69) is 76.9 Å². The normalized spacial score (nSPS) is 19.3. The highest BCUT2D eigenvalue weighted by molar-refractivity contribution is 9.10. The molecule has 1 aliphatic rings. The van der Waals surface area contributed by atoms with E-state index in [0.29, 0.717) is 5.92 Å². The second kappa shape index (κ2) is 8.44. The van der Waals surface area contributed by atoms with Crippen molar-refractivity contribution in [3.8, 4) is 0 Å². The minimum Gasteiger partial charge on any atom is -0.369 e. The first kappa shape index (κ1) is 17.2. The van der Waals surface area contributed by atoms with Crippen LogP contribution in [-0.4, -0.2) is 30.6 Å². The number of hydrogen-bond acceptors (Lipinski definition) is 3. The molecule has 2 rings (SSSR count). The van der Waals surface area contributed by atoms with E-state index in [1.54, 1.807) is 0 Å². The Labute approximate surface area is 142 Å². The van der Waals surface area contributed by atoms with Gasteiger partial charge in [0.25, 0.3) is 0 Å². The minimum atomic E-state index is 0.691. The Morgan fingerprint density at radius 3 is 2.95 bits per heavy atom. The molecule has 1 N–H and O–H groups in total. The molecule has 1 atom stereocenters. The average molecular weight is 371 g/mol. The van der Waals surface area contributed by atoms with Crippen molar-refractivity contribution in [2.45, 2.75) is 39.0 Å². The first-order chi connectivity index (χ1) is 10.1. The van der Waals surface area contributed by atoms with Gasteiger partial charge in [0.2, 0.25) is 0 Å². The predicted molar refractivity (Wildman–Crippen MR) is 99.4 cm³/mol. The second-order valence-corrected chi connectivity index (χ2v) is 8.47. The third kappa shape index (κ3) is 5.19. The van der Waals surface area contributed by atoms with Gasteiger partial charge >= 0.3 is 0 Å². The van der Waals surface area contributed by atoms with Crippen LogP contribution in [0.25, 0.3) is 0 Å². The Morgan fingerprint density at radius 1 is 1.43 bits per heavy atom. The number of benzene rings is 1. The summed E-state index contributed by atoms with van der Waals surface area (Å²) in [5, 5.41) is 4.36. The standard InChI is InChI=1S/C17H27BrN2S/c1-4-16-12-20(7-8-21-16)17-6-5-15(18)9-14(17)11-19-10-13(2)3/h5-6,9,13,16,19H,4,7-8,10-12H2,1-3H3. The van der Waals surface area contributed by atoms with Gasteiger partial charge in [-0.25, -0.2) is 0 Å². The van der Waals surface area contributed by atoms with Gasteiger partial charge in [0.1, 0.15) is 0 Å². The molecule has 0 radical (unpaired) electrons. The van der Waals surface area contributed by atoms with Gasteiger partial charge in [0, 0.05) is 40.8 Å². The number of anilines is 1. The van der Waals surface area contributed by atoms with Crippen molar-refractivity contribution in [3.05, 3.63) is 28.2 Å². The maximum atomic E-state index is 3.62. The summed E-state index contributed by atoms with van der Waals surface area (Å²) in [5.74, 6) is 1.93. The monoisotopic (exact) mass is 370 g/mol. The van der Waals surface area contributed by atoms with Gasteiger partial charge in [-0.3, -0.25) is 0 Å². The van der Waals surface area contributed by atoms with Crippen LogP contribution in [0.4, 0.5) is 5.69 Å². The zero-order chi connectivity index (χ0) is 15.2. The summed E-state index contributed by atoms with van der Waals surface area (Å²) in [6, 6.07) is 6.72. The topological polar surface area (TPSA) is 15.3 Å². The summed E-state index contributed by atoms with van der Waals surface area (Å²) < 4.78 is 1.17. The lowest BCUT2D eigenvalue weighted by atomic mass is 10.1. The van der Waals surface area contributed by atoms with Crippen molar-refractivity contribution in [1.29, 1.82) is 0 Å². The van der Waals surface area contributed by atoms with Crippen LogP contribution in [0.15, 0.2) is 22.7 Å². The first-order valence-electron chi connectivity index (χ1n) is 7.95. The smallest absolute Gasteiger partial charge is 0.0413 e. The molecule has 0 bridgehead atoms. The number of hydrogen-bond donors (Lipinski definition) is 1. The fraction of sp³-hybridized carbons (Fsp3) is 0.647. The molecule has 1 aromatic rings. The Balaban J connectivity index is 2.10. The lowest BCUT2D eigenvalue weighted by Crippen LogP contribution is -2.38. The van der Waals surface area contributed by atoms with Crippen LogP contribution in [0.5, 0.6) is 0 Å². The summed E-state index contributed by atoms with van der Waals surface area (Å²) >= 11 is 5.74. The summed E-state index contributed by atoms with van der Waals surface area (Å²) in [6.45, 7) is 11.2. The van der Waals surface area contributed by atoms with Crippen molar-refractivity contribution in [1.82, 2.24) is 5.32 Å². The largest absolute Gasteiger partial charge is 0.369 e. The lowest BCUT2D eigenvalue weighted by Gasteiger charge is -2.35. The van der Waals surface area contributed by atoms with Gasteiger partial charge in [0.05, 0.1) is 0 Å². The third-order valence-corrected chi connectivity index (χ3v) is 5.71. The molecule has 1 saturated heterocycles. The molecule has 0 saturated carbocycles. The van der Waals surface area contributed by atoms with Crippen molar-refractivity contribution in [2.75, 3.05) is 30.3 Å². The van der Waals surface area contributed by atoms with Crippen LogP contribution < -0.4 is 10.2 Å². The van der Waals surface area contributed by atoms with Gasteiger partial charge in [-0.2, -0.15) is 11.8 Å². The molecule has 0 amide bonds. The van der Waals surface area contributed by atoms with Crippen molar-refractivity contribution < 1.29 is 0 Å². The highest BCUT2D eigenvalue weighted by Gasteiger charge is 2.21. The summed E-state index contributed by atoms with van der Waals surface area (Å²) in [6.07, 6.45) is 1.26. The number of nitrogens with zero attached hydrogens (tertiary/aromatic N) is 1. The quantitative estimate of drug-likeness (QED) is 0.791. The zero-order valence-corrected chi connectivity index (χ0v) is 15.8. The number of thioether (sulfide) groups is 1. The molecule has 0 aliphatic carbocycles. The molecule has 2 nitrogen and oxygen atoms in total. The van der Waals surface area contributed by atoms with Gasteiger partial charge in [-0.05, 0) is 42.6 Å². The molecule has 1 aromatic carbocycles. The van der Waals surface area contributed by atoms with Crippen LogP contribution in [0.2, 0.25) is 0 Å². The SMILES string of the molecule is CCC1CN(c2ccc(Br)cc2CNCC(C)C)CCS1. The van der Waals surface area contributed by atoms with Crippen LogP contribution in [0, 0.1) is 5.92 Å². The Hall–Kier alpha value is -0.190. The highest BCUT2D eigenvalue weighted by atomic mass is 79.9. The molecule has 1 aliphatic heterocycles. The van der Waals surface area contributed by atoms with Gasteiger partial charge in [-0.15, -0.1) is 0 Å². The van der Waals surface area contributed by atoms with Gasteiger partial charge in [-0.1, -0.05) is 36.7 Å². The van der Waals surface area contributed by atoms with Gasteiger partial charge < -0.3 is 10.2 Å². The fourth-order valence-corrected chi connectivity index (χ4v) is 4.27. The summed E-state index contributed by atoms with van der Waals surface area (Å²) in [5.41, 5.74) is 2.82. The summed E-state index contributed by atoms with van der Waals surface area (Å²) in [7, 11) is 0. The van der Waals surface area contributed by atoms with E-state index in [1.807, 2.05) is 0 Å². The molecule has 0 spiro atoms. The van der Waals surface area contributed by atoms with E-state index < -0.39 is 0 Å². The Bertz CT molecular complexity index is 450. The molecular weight excluding hydrogens is 344 g/mol. The maximum Gasteiger partial charge on any atom is 0.0413 e. The van der Waals surface area contributed by atoms with E-state index >= 15 is 0 Å². The lowest BCUT2D eigenvalue weighted by molar-refractivity contribution is 0.551. The fourth-order valence-electron chi connectivity index (χ4n) is 2.68.